The van der Waals surface area contributed by atoms with E-state index in [-0.39, 0.29) is 23.8 Å². The molecule has 3 N–H and O–H groups in total. The average Bonchev–Trinajstić information content (AvgIpc) is 2.37. The van der Waals surface area contributed by atoms with Gasteiger partial charge in [-0.25, -0.2) is 4.79 Å². The van der Waals surface area contributed by atoms with Gasteiger partial charge in [-0.2, -0.15) is 5.90 Å². The van der Waals surface area contributed by atoms with E-state index in [4.69, 9.17) is 5.90 Å². The number of benzene rings is 1. The average molecular weight is 628 g/mol. The first kappa shape index (κ1) is 19.0. The fourth-order valence-corrected chi connectivity index (χ4v) is 6.38. The minimum absolute atomic E-state index is 0.171. The number of rotatable bonds is 4. The van der Waals surface area contributed by atoms with Crippen molar-refractivity contribution in [3.8, 4) is 0 Å². The van der Waals surface area contributed by atoms with Gasteiger partial charge in [-0.3, -0.25) is 9.59 Å². The van der Waals surface area contributed by atoms with Gasteiger partial charge in [0.05, 0.1) is 5.56 Å². The van der Waals surface area contributed by atoms with Crippen LogP contribution < -0.4 is 11.2 Å². The van der Waals surface area contributed by atoms with Gasteiger partial charge >= 0.3 is 5.97 Å². The molecule has 0 fully saturated rings. The molecule has 0 saturated carbocycles. The lowest BCUT2D eigenvalue weighted by Crippen LogP contribution is -2.24. The summed E-state index contributed by atoms with van der Waals surface area (Å²) in [5.74, 6) is 3.88. The highest BCUT2D eigenvalue weighted by Gasteiger charge is 2.26. The minimum atomic E-state index is -0.716. The zero-order chi connectivity index (χ0) is 16.3. The van der Waals surface area contributed by atoms with Crippen molar-refractivity contribution < 1.29 is 19.2 Å². The molecule has 1 aromatic rings. The number of nitrogens with two attached hydrogens (primary N) is 1. The van der Waals surface area contributed by atoms with E-state index in [2.05, 4.69) is 10.2 Å². The second-order valence-corrected chi connectivity index (χ2v) is 7.28. The van der Waals surface area contributed by atoms with Gasteiger partial charge < -0.3 is 10.2 Å². The number of nitrogens with one attached hydrogen (secondary N) is 1. The summed E-state index contributed by atoms with van der Waals surface area (Å²) >= 11 is 5.96. The summed E-state index contributed by atoms with van der Waals surface area (Å²) in [5, 5.41) is 2.67. The third-order valence-electron chi connectivity index (χ3n) is 2.59. The Bertz CT molecular complexity index is 632. The Morgan fingerprint density at radius 3 is 2.00 bits per heavy atom. The Hall–Kier alpha value is -0.0200. The van der Waals surface area contributed by atoms with Crippen molar-refractivity contribution in [3.05, 3.63) is 27.4 Å². The summed E-state index contributed by atoms with van der Waals surface area (Å²) in [6, 6.07) is 0. The molecule has 0 saturated heterocycles. The molecule has 0 spiro atoms. The number of amides is 1. The van der Waals surface area contributed by atoms with Crippen LogP contribution in [0.1, 0.15) is 40.1 Å². The van der Waals surface area contributed by atoms with Crippen LogP contribution in [0.25, 0.3) is 0 Å². The van der Waals surface area contributed by atoms with Crippen molar-refractivity contribution in [2.45, 2.75) is 20.4 Å². The van der Waals surface area contributed by atoms with Gasteiger partial charge in [-0.05, 0) is 80.3 Å². The lowest BCUT2D eigenvalue weighted by Gasteiger charge is -2.17. The molecular weight excluding hydrogens is 617 g/mol. The van der Waals surface area contributed by atoms with E-state index in [9.17, 15) is 14.4 Å². The van der Waals surface area contributed by atoms with Crippen LogP contribution in [0.3, 0.4) is 0 Å². The van der Waals surface area contributed by atoms with Gasteiger partial charge in [0.25, 0.3) is 0 Å². The quantitative estimate of drug-likeness (QED) is 0.304. The van der Waals surface area contributed by atoms with Crippen molar-refractivity contribution >= 4 is 85.4 Å². The predicted molar refractivity (Wildman–Crippen MR) is 102 cm³/mol. The second kappa shape index (κ2) is 8.01. The topological polar surface area (TPSA) is 98.5 Å². The Morgan fingerprint density at radius 2 is 1.57 bits per heavy atom. The van der Waals surface area contributed by atoms with E-state index >= 15 is 0 Å². The normalized spacial score (nSPS) is 10.2. The summed E-state index contributed by atoms with van der Waals surface area (Å²) < 4.78 is 1.81. The van der Waals surface area contributed by atoms with E-state index in [0.29, 0.717) is 21.8 Å². The predicted octanol–water partition coefficient (Wildman–Crippen LogP) is 2.37. The second-order valence-electron chi connectivity index (χ2n) is 4.04. The Labute approximate surface area is 162 Å². The zero-order valence-corrected chi connectivity index (χ0v) is 17.5. The van der Waals surface area contributed by atoms with Crippen LogP contribution >= 0.6 is 67.8 Å². The van der Waals surface area contributed by atoms with E-state index in [1.54, 1.807) is 0 Å². The highest BCUT2D eigenvalue weighted by molar-refractivity contribution is 14.1. The van der Waals surface area contributed by atoms with Crippen LogP contribution in [0, 0.1) is 10.7 Å². The van der Waals surface area contributed by atoms with Gasteiger partial charge in [0, 0.05) is 29.7 Å². The molecule has 0 radical (unpaired) electrons. The molecule has 0 unspecified atom stereocenters. The third kappa shape index (κ3) is 4.25. The van der Waals surface area contributed by atoms with Crippen LogP contribution in [-0.4, -0.2) is 17.7 Å². The summed E-state index contributed by atoms with van der Waals surface area (Å²) in [6.07, 6.45) is 0. The summed E-state index contributed by atoms with van der Waals surface area (Å²) in [7, 11) is 0. The van der Waals surface area contributed by atoms with E-state index in [0.717, 1.165) is 0 Å². The number of Topliss-reactive ketones (excluding diaryl/α,β-unsaturated/α-hetero) is 1. The molecule has 9 heteroatoms. The molecule has 0 aromatic heterocycles. The highest BCUT2D eigenvalue weighted by atomic mass is 127. The van der Waals surface area contributed by atoms with Crippen molar-refractivity contribution in [2.75, 3.05) is 0 Å². The SMILES string of the molecule is CC(=O)NCc1c(I)c(C(C)=O)c(I)c(C(=O)ON)c1I. The van der Waals surface area contributed by atoms with Crippen LogP contribution in [0.2, 0.25) is 0 Å². The first-order valence-corrected chi connectivity index (χ1v) is 8.81. The van der Waals surface area contributed by atoms with Gasteiger partial charge in [0.1, 0.15) is 0 Å². The monoisotopic (exact) mass is 628 g/mol. The van der Waals surface area contributed by atoms with Crippen molar-refractivity contribution in [3.63, 3.8) is 0 Å². The molecule has 1 rings (SSSR count). The molecule has 0 aliphatic carbocycles. The van der Waals surface area contributed by atoms with Crippen LogP contribution in [0.5, 0.6) is 0 Å². The summed E-state index contributed by atoms with van der Waals surface area (Å²) in [4.78, 5) is 39.2. The van der Waals surface area contributed by atoms with Crippen LogP contribution in [-0.2, 0) is 16.2 Å². The van der Waals surface area contributed by atoms with E-state index in [1.807, 2.05) is 67.8 Å². The Balaban J connectivity index is 3.63. The first-order valence-electron chi connectivity index (χ1n) is 5.58. The lowest BCUT2D eigenvalue weighted by molar-refractivity contribution is -0.119. The number of ketones is 1. The molecular formula is C12H11I3N2O4. The fourth-order valence-electron chi connectivity index (χ4n) is 1.63. The van der Waals surface area contributed by atoms with E-state index in [1.165, 1.54) is 13.8 Å². The zero-order valence-electron chi connectivity index (χ0n) is 11.1. The number of hydrogen-bond donors (Lipinski definition) is 2. The van der Waals surface area contributed by atoms with Gasteiger partial charge in [0.2, 0.25) is 5.91 Å². The van der Waals surface area contributed by atoms with Crippen molar-refractivity contribution in [1.29, 1.82) is 0 Å². The minimum Gasteiger partial charge on any atom is -0.370 e. The molecule has 21 heavy (non-hydrogen) atoms. The molecule has 114 valence electrons. The third-order valence-corrected chi connectivity index (χ3v) is 6.04. The maximum absolute atomic E-state index is 11.9. The van der Waals surface area contributed by atoms with Gasteiger partial charge in [-0.1, -0.05) is 0 Å². The number of carbonyl (C=O) groups is 3. The Morgan fingerprint density at radius 1 is 1.05 bits per heavy atom. The number of halogens is 3. The molecule has 0 aliphatic rings. The molecule has 0 heterocycles. The van der Waals surface area contributed by atoms with Gasteiger partial charge in [0.15, 0.2) is 5.78 Å². The summed E-state index contributed by atoms with van der Waals surface area (Å²) in [6.45, 7) is 3.04. The Kier molecular flexibility index (Phi) is 7.26. The molecule has 0 aliphatic heterocycles. The molecule has 1 aromatic carbocycles. The first-order chi connectivity index (χ1) is 9.72. The molecule has 0 bridgehead atoms. The maximum Gasteiger partial charge on any atom is 0.358 e. The molecule has 6 nitrogen and oxygen atoms in total. The van der Waals surface area contributed by atoms with Crippen LogP contribution in [0.15, 0.2) is 0 Å². The van der Waals surface area contributed by atoms with Gasteiger partial charge in [-0.15, -0.1) is 0 Å². The lowest BCUT2D eigenvalue weighted by atomic mass is 10.0. The standard InChI is InChI=1S/C12H11I3N2O4/c1-4(18)7-9(13)6(3-17-5(2)19)10(14)8(11(7)15)12(20)21-16/h3,16H2,1-2H3,(H,17,19). The molecule has 0 atom stereocenters. The number of hydrogen-bond acceptors (Lipinski definition) is 5. The molecule has 1 amide bonds. The van der Waals surface area contributed by atoms with Crippen molar-refractivity contribution in [2.24, 2.45) is 5.90 Å². The highest BCUT2D eigenvalue weighted by Crippen LogP contribution is 2.32. The smallest absolute Gasteiger partial charge is 0.358 e. The largest absolute Gasteiger partial charge is 0.370 e. The van der Waals surface area contributed by atoms with Crippen LogP contribution in [0.4, 0.5) is 0 Å². The fraction of sp³-hybridized carbons (Fsp3) is 0.250. The van der Waals surface area contributed by atoms with Crippen molar-refractivity contribution in [1.82, 2.24) is 5.32 Å². The van der Waals surface area contributed by atoms with E-state index < -0.39 is 5.97 Å². The summed E-state index contributed by atoms with van der Waals surface area (Å²) in [5.41, 5.74) is 1.36. The maximum atomic E-state index is 11.9. The number of carbonyl (C=O) groups excluding carboxylic acids is 3.